The summed E-state index contributed by atoms with van der Waals surface area (Å²) in [6.07, 6.45) is 0. The van der Waals surface area contributed by atoms with Crippen molar-refractivity contribution in [2.45, 2.75) is 77.5 Å². The molecule has 1 fully saturated rings. The molecule has 2 aromatic rings. The minimum atomic E-state index is -1.18. The summed E-state index contributed by atoms with van der Waals surface area (Å²) < 4.78 is 0. The number of rotatable bonds is 6. The fourth-order valence-electron chi connectivity index (χ4n) is 4.93. The topological polar surface area (TPSA) is 98.3 Å². The van der Waals surface area contributed by atoms with Crippen LogP contribution in [0.5, 0.6) is 0 Å². The molecule has 0 aliphatic carbocycles. The maximum atomic E-state index is 12.2. The van der Waals surface area contributed by atoms with Crippen molar-refractivity contribution in [3.05, 3.63) is 91.0 Å². The first-order chi connectivity index (χ1) is 14.9. The summed E-state index contributed by atoms with van der Waals surface area (Å²) in [7, 11) is 0. The molecule has 1 heterocycles. The van der Waals surface area contributed by atoms with Crippen LogP contribution in [-0.2, 0) is 0 Å². The van der Waals surface area contributed by atoms with E-state index in [-0.39, 0.29) is 9.85 Å². The van der Waals surface area contributed by atoms with Gasteiger partial charge >= 0.3 is 0 Å². The third kappa shape index (κ3) is 4.39. The Balaban J connectivity index is 2.10. The van der Waals surface area contributed by atoms with Gasteiger partial charge in [-0.2, -0.15) is 0 Å². The molecule has 0 amide bonds. The van der Waals surface area contributed by atoms with Crippen LogP contribution in [0.3, 0.4) is 0 Å². The Hall–Kier alpha value is -2.80. The zero-order valence-electron chi connectivity index (χ0n) is 19.6. The van der Waals surface area contributed by atoms with E-state index in [0.717, 1.165) is 22.3 Å². The van der Waals surface area contributed by atoms with E-state index in [4.69, 9.17) is 0 Å². The van der Waals surface area contributed by atoms with E-state index in [9.17, 15) is 20.2 Å². The van der Waals surface area contributed by atoms with Gasteiger partial charge in [0.1, 0.15) is 17.5 Å². The van der Waals surface area contributed by atoms with Crippen molar-refractivity contribution in [2.75, 3.05) is 0 Å². The summed E-state index contributed by atoms with van der Waals surface area (Å²) in [5, 5.41) is 27.7. The lowest BCUT2D eigenvalue weighted by molar-refractivity contribution is -0.605. The summed E-state index contributed by atoms with van der Waals surface area (Å²) in [6, 6.07) is 12.0. The SMILES string of the molecule is CC(C)c1ccc([C@@H]2N[C@@H](c3ccc(C(C)C)cc3)[C@@H]([N+](=O)[O-])C(C)(C)[C@H]2[N+](=O)[O-])cc1. The maximum absolute atomic E-state index is 12.2. The standard InChI is InChI=1S/C25H33N3O4/c1-15(2)17-7-11-19(12-8-17)21-23(27(29)30)25(5,6)24(28(31)32)22(26-21)20-13-9-18(10-14-20)16(3)4/h7-16,21-24,26H,1-6H3/t21-,22-,23-,24+/m0/s1. The number of benzene rings is 2. The van der Waals surface area contributed by atoms with Crippen LogP contribution >= 0.6 is 0 Å². The van der Waals surface area contributed by atoms with Crippen molar-refractivity contribution >= 4 is 0 Å². The van der Waals surface area contributed by atoms with E-state index in [2.05, 4.69) is 33.0 Å². The molecule has 3 rings (SSSR count). The monoisotopic (exact) mass is 439 g/mol. The highest BCUT2D eigenvalue weighted by atomic mass is 16.6. The molecule has 0 spiro atoms. The molecule has 0 aromatic heterocycles. The van der Waals surface area contributed by atoms with Gasteiger partial charge in [0.15, 0.2) is 0 Å². The van der Waals surface area contributed by atoms with Crippen molar-refractivity contribution in [2.24, 2.45) is 5.41 Å². The van der Waals surface area contributed by atoms with Crippen LogP contribution in [0.4, 0.5) is 0 Å². The Bertz CT molecular complexity index is 890. The van der Waals surface area contributed by atoms with Gasteiger partial charge in [-0.05, 0) is 47.9 Å². The Morgan fingerprint density at radius 1 is 0.719 bits per heavy atom. The highest BCUT2D eigenvalue weighted by Crippen LogP contribution is 2.47. The smallest absolute Gasteiger partial charge is 0.243 e. The summed E-state index contributed by atoms with van der Waals surface area (Å²) in [5.41, 5.74) is 2.65. The van der Waals surface area contributed by atoms with Crippen LogP contribution in [0.25, 0.3) is 0 Å². The van der Waals surface area contributed by atoms with Crippen molar-refractivity contribution in [3.8, 4) is 0 Å². The van der Waals surface area contributed by atoms with Crippen molar-refractivity contribution < 1.29 is 9.85 Å². The molecule has 1 N–H and O–H groups in total. The highest BCUT2D eigenvalue weighted by molar-refractivity contribution is 5.33. The van der Waals surface area contributed by atoms with Crippen molar-refractivity contribution in [1.29, 1.82) is 0 Å². The van der Waals surface area contributed by atoms with Crippen LogP contribution < -0.4 is 5.32 Å². The number of piperidine rings is 1. The van der Waals surface area contributed by atoms with Crippen molar-refractivity contribution in [3.63, 3.8) is 0 Å². The Kier molecular flexibility index (Phi) is 6.69. The van der Waals surface area contributed by atoms with E-state index < -0.39 is 29.6 Å². The van der Waals surface area contributed by atoms with Crippen LogP contribution in [0, 0.1) is 25.6 Å². The molecule has 172 valence electrons. The highest BCUT2D eigenvalue weighted by Gasteiger charge is 2.62. The first-order valence-electron chi connectivity index (χ1n) is 11.2. The molecule has 1 saturated heterocycles. The molecule has 0 saturated carbocycles. The molecule has 0 radical (unpaired) electrons. The van der Waals surface area contributed by atoms with E-state index in [0.29, 0.717) is 11.8 Å². The van der Waals surface area contributed by atoms with Crippen molar-refractivity contribution in [1.82, 2.24) is 5.32 Å². The van der Waals surface area contributed by atoms with Gasteiger partial charge in [0, 0.05) is 9.85 Å². The van der Waals surface area contributed by atoms with Gasteiger partial charge in [-0.15, -0.1) is 0 Å². The average Bonchev–Trinajstić information content (AvgIpc) is 2.71. The number of hydrogen-bond acceptors (Lipinski definition) is 5. The Morgan fingerprint density at radius 2 is 1.03 bits per heavy atom. The molecular formula is C25H33N3O4. The molecule has 1 aliphatic rings. The summed E-state index contributed by atoms with van der Waals surface area (Å²) in [5.74, 6) is 0.689. The fourth-order valence-corrected chi connectivity index (χ4v) is 4.93. The molecule has 7 heteroatoms. The van der Waals surface area contributed by atoms with Crippen LogP contribution in [-0.4, -0.2) is 21.9 Å². The minimum absolute atomic E-state index is 0.345. The molecular weight excluding hydrogens is 406 g/mol. The zero-order chi connectivity index (χ0) is 23.8. The van der Waals surface area contributed by atoms with Gasteiger partial charge in [0.2, 0.25) is 12.1 Å². The second-order valence-electron chi connectivity index (χ2n) is 10.0. The number of nitro groups is 2. The fraction of sp³-hybridized carbons (Fsp3) is 0.520. The largest absolute Gasteiger partial charge is 0.291 e. The van der Waals surface area contributed by atoms with E-state index >= 15 is 0 Å². The average molecular weight is 440 g/mol. The summed E-state index contributed by atoms with van der Waals surface area (Å²) in [4.78, 5) is 23.7. The zero-order valence-corrected chi connectivity index (χ0v) is 19.6. The molecule has 0 bridgehead atoms. The predicted molar refractivity (Wildman–Crippen MR) is 125 cm³/mol. The molecule has 4 atom stereocenters. The predicted octanol–water partition coefficient (Wildman–Crippen LogP) is 5.64. The number of hydrogen-bond donors (Lipinski definition) is 1. The second-order valence-corrected chi connectivity index (χ2v) is 10.0. The lowest BCUT2D eigenvalue weighted by Crippen LogP contribution is -2.63. The van der Waals surface area contributed by atoms with Crippen LogP contribution in [0.1, 0.15) is 87.7 Å². The number of nitrogens with zero attached hydrogens (tertiary/aromatic N) is 2. The molecule has 0 unspecified atom stereocenters. The number of nitrogens with one attached hydrogen (secondary N) is 1. The third-order valence-corrected chi connectivity index (χ3v) is 6.89. The maximum Gasteiger partial charge on any atom is 0.243 e. The van der Waals surface area contributed by atoms with Gasteiger partial charge in [0.25, 0.3) is 0 Å². The van der Waals surface area contributed by atoms with E-state index in [1.807, 2.05) is 48.5 Å². The van der Waals surface area contributed by atoms with Gasteiger partial charge in [-0.25, -0.2) is 0 Å². The third-order valence-electron chi connectivity index (χ3n) is 6.89. The van der Waals surface area contributed by atoms with Gasteiger partial charge < -0.3 is 0 Å². The van der Waals surface area contributed by atoms with Crippen LogP contribution in [0.15, 0.2) is 48.5 Å². The lowest BCUT2D eigenvalue weighted by atomic mass is 9.66. The van der Waals surface area contributed by atoms with Crippen LogP contribution in [0.2, 0.25) is 0 Å². The van der Waals surface area contributed by atoms with Gasteiger partial charge in [-0.1, -0.05) is 76.2 Å². The minimum Gasteiger partial charge on any atom is -0.291 e. The second kappa shape index (κ2) is 8.98. The van der Waals surface area contributed by atoms with Gasteiger partial charge in [-0.3, -0.25) is 25.5 Å². The Labute approximate surface area is 189 Å². The summed E-state index contributed by atoms with van der Waals surface area (Å²) in [6.45, 7) is 11.7. The Morgan fingerprint density at radius 3 is 1.28 bits per heavy atom. The molecule has 32 heavy (non-hydrogen) atoms. The quantitative estimate of drug-likeness (QED) is 0.464. The summed E-state index contributed by atoms with van der Waals surface area (Å²) >= 11 is 0. The van der Waals surface area contributed by atoms with E-state index in [1.54, 1.807) is 13.8 Å². The molecule has 2 aromatic carbocycles. The first kappa shape index (κ1) is 23.9. The molecule has 1 aliphatic heterocycles. The first-order valence-corrected chi connectivity index (χ1v) is 11.2. The van der Waals surface area contributed by atoms with E-state index in [1.165, 1.54) is 0 Å². The molecule has 7 nitrogen and oxygen atoms in total. The van der Waals surface area contributed by atoms with Gasteiger partial charge in [0.05, 0.1) is 0 Å². The normalized spacial score (nSPS) is 25.1. The lowest BCUT2D eigenvalue weighted by Gasteiger charge is -2.44.